The number of nitrogens with one attached hydrogen (secondary N) is 1. The van der Waals surface area contributed by atoms with Crippen LogP contribution in [0.15, 0.2) is 24.3 Å². The minimum atomic E-state index is -3.03. The molecule has 1 saturated heterocycles. The number of hydrogen-bond acceptors (Lipinski definition) is 4. The number of carbonyl (C=O) groups is 1. The molecule has 7 heteroatoms. The Labute approximate surface area is 123 Å². The fourth-order valence-electron chi connectivity index (χ4n) is 2.07. The van der Waals surface area contributed by atoms with Gasteiger partial charge in [-0.1, -0.05) is 23.7 Å². The zero-order chi connectivity index (χ0) is 14.6. The number of sulfone groups is 1. The molecule has 20 heavy (non-hydrogen) atoms. The number of rotatable bonds is 3. The Kier molecular flexibility index (Phi) is 4.88. The van der Waals surface area contributed by atoms with Gasteiger partial charge in [0.05, 0.1) is 11.5 Å². The van der Waals surface area contributed by atoms with Crippen molar-refractivity contribution in [3.63, 3.8) is 0 Å². The number of benzene rings is 1. The van der Waals surface area contributed by atoms with Crippen molar-refractivity contribution in [2.75, 3.05) is 11.5 Å². The van der Waals surface area contributed by atoms with E-state index in [9.17, 15) is 13.2 Å². The van der Waals surface area contributed by atoms with Crippen LogP contribution < -0.4 is 5.32 Å². The molecule has 0 bridgehead atoms. The summed E-state index contributed by atoms with van der Waals surface area (Å²) in [6.45, 7) is 0.127. The third-order valence-electron chi connectivity index (χ3n) is 3.07. The molecular weight excluding hydrogens is 302 g/mol. The van der Waals surface area contributed by atoms with Crippen molar-refractivity contribution in [3.05, 3.63) is 34.9 Å². The molecule has 0 aliphatic carbocycles. The second-order valence-corrected chi connectivity index (χ2v) is 7.47. The molecule has 110 valence electrons. The van der Waals surface area contributed by atoms with Crippen molar-refractivity contribution in [1.29, 1.82) is 0 Å². The first-order valence-corrected chi connectivity index (χ1v) is 8.53. The van der Waals surface area contributed by atoms with Crippen LogP contribution in [0.5, 0.6) is 0 Å². The van der Waals surface area contributed by atoms with Gasteiger partial charge in [-0.15, -0.1) is 0 Å². The van der Waals surface area contributed by atoms with Gasteiger partial charge in [-0.05, 0) is 30.5 Å². The second kappa shape index (κ2) is 6.45. The number of ether oxygens (including phenoxy) is 1. The molecule has 0 saturated carbocycles. The summed E-state index contributed by atoms with van der Waals surface area (Å²) in [6, 6.07) is 6.60. The lowest BCUT2D eigenvalue weighted by Gasteiger charge is -2.22. The molecule has 1 amide bonds. The van der Waals surface area contributed by atoms with E-state index in [2.05, 4.69) is 5.32 Å². The second-order valence-electron chi connectivity index (χ2n) is 4.80. The highest BCUT2D eigenvalue weighted by molar-refractivity contribution is 7.91. The standard InChI is InChI=1S/C13H16ClNO4S/c14-11-5-3-10(4-6-11)8-19-13(16)15-12-2-1-7-20(17,18)9-12/h3-6,12H,1-2,7-9H2,(H,15,16)/t12-/m0/s1. The van der Waals surface area contributed by atoms with Gasteiger partial charge in [0.2, 0.25) is 0 Å². The number of alkyl carbamates (subject to hydrolysis) is 1. The molecule has 5 nitrogen and oxygen atoms in total. The topological polar surface area (TPSA) is 72.5 Å². The predicted molar refractivity (Wildman–Crippen MR) is 76.4 cm³/mol. The molecule has 0 spiro atoms. The SMILES string of the molecule is O=C(N[C@H]1CCCS(=O)(=O)C1)OCc1ccc(Cl)cc1. The van der Waals surface area contributed by atoms with E-state index in [0.29, 0.717) is 17.9 Å². The molecule has 1 N–H and O–H groups in total. The van der Waals surface area contributed by atoms with E-state index in [1.165, 1.54) is 0 Å². The fourth-order valence-corrected chi connectivity index (χ4v) is 3.84. The van der Waals surface area contributed by atoms with E-state index in [1.807, 2.05) is 0 Å². The highest BCUT2D eigenvalue weighted by atomic mass is 35.5. The molecule has 0 aromatic heterocycles. The van der Waals surface area contributed by atoms with E-state index in [4.69, 9.17) is 16.3 Å². The maximum Gasteiger partial charge on any atom is 0.407 e. The largest absolute Gasteiger partial charge is 0.445 e. The molecule has 0 unspecified atom stereocenters. The Morgan fingerprint density at radius 2 is 2.05 bits per heavy atom. The molecule has 0 radical (unpaired) electrons. The molecule has 1 heterocycles. The first-order valence-electron chi connectivity index (χ1n) is 6.33. The molecule has 1 aliphatic rings. The van der Waals surface area contributed by atoms with Crippen molar-refractivity contribution in [3.8, 4) is 0 Å². The summed E-state index contributed by atoms with van der Waals surface area (Å²) >= 11 is 5.75. The highest BCUT2D eigenvalue weighted by Gasteiger charge is 2.26. The lowest BCUT2D eigenvalue weighted by atomic mass is 10.2. The van der Waals surface area contributed by atoms with Crippen LogP contribution in [0.1, 0.15) is 18.4 Å². The molecular formula is C13H16ClNO4S. The Balaban J connectivity index is 1.79. The number of amides is 1. The van der Waals surface area contributed by atoms with Crippen molar-refractivity contribution >= 4 is 27.5 Å². The molecule has 1 fully saturated rings. The average Bonchev–Trinajstić information content (AvgIpc) is 2.37. The van der Waals surface area contributed by atoms with Crippen molar-refractivity contribution in [2.24, 2.45) is 0 Å². The minimum Gasteiger partial charge on any atom is -0.445 e. The quantitative estimate of drug-likeness (QED) is 0.927. The van der Waals surface area contributed by atoms with Crippen molar-refractivity contribution < 1.29 is 17.9 Å². The van der Waals surface area contributed by atoms with E-state index >= 15 is 0 Å². The Morgan fingerprint density at radius 1 is 1.35 bits per heavy atom. The van der Waals surface area contributed by atoms with Crippen LogP contribution >= 0.6 is 11.6 Å². The maximum absolute atomic E-state index is 11.6. The smallest absolute Gasteiger partial charge is 0.407 e. The summed E-state index contributed by atoms with van der Waals surface area (Å²) in [5.41, 5.74) is 0.820. The van der Waals surface area contributed by atoms with Crippen molar-refractivity contribution in [1.82, 2.24) is 5.32 Å². The lowest BCUT2D eigenvalue weighted by molar-refractivity contribution is 0.136. The molecule has 1 aromatic carbocycles. The van der Waals surface area contributed by atoms with Gasteiger partial charge in [-0.3, -0.25) is 0 Å². The molecule has 2 rings (SSSR count). The zero-order valence-electron chi connectivity index (χ0n) is 10.8. The summed E-state index contributed by atoms with van der Waals surface area (Å²) in [5, 5.41) is 3.21. The third kappa shape index (κ3) is 4.68. The predicted octanol–water partition coefficient (Wildman–Crippen LogP) is 2.14. The first-order chi connectivity index (χ1) is 9.44. The van der Waals surface area contributed by atoms with Gasteiger partial charge in [-0.25, -0.2) is 13.2 Å². The fraction of sp³-hybridized carbons (Fsp3) is 0.462. The van der Waals surface area contributed by atoms with Gasteiger partial charge >= 0.3 is 6.09 Å². The van der Waals surface area contributed by atoms with Crippen LogP contribution in [0.25, 0.3) is 0 Å². The number of carbonyl (C=O) groups excluding carboxylic acids is 1. The van der Waals surface area contributed by atoms with E-state index in [1.54, 1.807) is 24.3 Å². The van der Waals surface area contributed by atoms with Crippen LogP contribution in [-0.2, 0) is 21.2 Å². The van der Waals surface area contributed by atoms with Gasteiger partial charge in [0.15, 0.2) is 9.84 Å². The van der Waals surface area contributed by atoms with Gasteiger partial charge in [-0.2, -0.15) is 0 Å². The van der Waals surface area contributed by atoms with Crippen LogP contribution in [0.2, 0.25) is 5.02 Å². The van der Waals surface area contributed by atoms with Crippen LogP contribution in [-0.4, -0.2) is 32.1 Å². The maximum atomic E-state index is 11.6. The first kappa shape index (κ1) is 15.1. The summed E-state index contributed by atoms with van der Waals surface area (Å²) in [6.07, 6.45) is 0.641. The lowest BCUT2D eigenvalue weighted by Crippen LogP contribution is -2.43. The van der Waals surface area contributed by atoms with E-state index in [0.717, 1.165) is 5.56 Å². The number of halogens is 1. The molecule has 1 aliphatic heterocycles. The van der Waals surface area contributed by atoms with Crippen LogP contribution in [0, 0.1) is 0 Å². The van der Waals surface area contributed by atoms with Gasteiger partial charge < -0.3 is 10.1 Å². The summed E-state index contributed by atoms with van der Waals surface area (Å²) in [7, 11) is -3.03. The number of hydrogen-bond donors (Lipinski definition) is 1. The summed E-state index contributed by atoms with van der Waals surface area (Å²) in [5.74, 6) is 0.189. The van der Waals surface area contributed by atoms with E-state index in [-0.39, 0.29) is 24.2 Å². The van der Waals surface area contributed by atoms with Crippen LogP contribution in [0.3, 0.4) is 0 Å². The average molecular weight is 318 g/mol. The highest BCUT2D eigenvalue weighted by Crippen LogP contribution is 2.13. The normalized spacial score (nSPS) is 21.1. The Bertz CT molecular complexity index is 571. The zero-order valence-corrected chi connectivity index (χ0v) is 12.4. The van der Waals surface area contributed by atoms with E-state index < -0.39 is 15.9 Å². The third-order valence-corrected chi connectivity index (χ3v) is 5.14. The summed E-state index contributed by atoms with van der Waals surface area (Å²) in [4.78, 5) is 11.6. The Morgan fingerprint density at radius 3 is 2.70 bits per heavy atom. The Hall–Kier alpha value is -1.27. The van der Waals surface area contributed by atoms with Gasteiger partial charge in [0.25, 0.3) is 0 Å². The monoisotopic (exact) mass is 317 g/mol. The van der Waals surface area contributed by atoms with Crippen LogP contribution in [0.4, 0.5) is 4.79 Å². The molecule has 1 aromatic rings. The van der Waals surface area contributed by atoms with Gasteiger partial charge in [0.1, 0.15) is 6.61 Å². The molecule has 1 atom stereocenters. The van der Waals surface area contributed by atoms with Crippen molar-refractivity contribution in [2.45, 2.75) is 25.5 Å². The summed E-state index contributed by atoms with van der Waals surface area (Å²) < 4.78 is 27.9. The van der Waals surface area contributed by atoms with Gasteiger partial charge in [0, 0.05) is 11.1 Å². The minimum absolute atomic E-state index is 0.0109.